The third-order valence-corrected chi connectivity index (χ3v) is 2.88. The van der Waals surface area contributed by atoms with Gasteiger partial charge in [-0.25, -0.2) is 4.57 Å². The molecule has 0 aliphatic carbocycles. The van der Waals surface area contributed by atoms with Crippen molar-refractivity contribution in [3.63, 3.8) is 0 Å². The van der Waals surface area contributed by atoms with Gasteiger partial charge in [0.15, 0.2) is 12.4 Å². The van der Waals surface area contributed by atoms with Gasteiger partial charge in [0.2, 0.25) is 0 Å². The molecule has 0 saturated heterocycles. The minimum atomic E-state index is -0.0494. The van der Waals surface area contributed by atoms with Gasteiger partial charge in [-0.1, -0.05) is 12.1 Å². The van der Waals surface area contributed by atoms with Crippen molar-refractivity contribution in [1.29, 1.82) is 0 Å². The van der Waals surface area contributed by atoms with E-state index in [-0.39, 0.29) is 29.9 Å². The lowest BCUT2D eigenvalue weighted by molar-refractivity contribution is -0.671. The van der Waals surface area contributed by atoms with Crippen molar-refractivity contribution >= 4 is 11.6 Å². The summed E-state index contributed by atoms with van der Waals surface area (Å²) in [7, 11) is 1.89. The van der Waals surface area contributed by atoms with Gasteiger partial charge >= 0.3 is 0 Å². The standard InChI is InChI=1S/C15H17N3O.HI/c1-18-10-2-3-13(11-18)15(19)17-9-8-12-4-6-14(16)7-5-12;/h2-7,10-11H,8-9,16H2,1H3;1H. The van der Waals surface area contributed by atoms with Crippen molar-refractivity contribution in [3.05, 3.63) is 59.9 Å². The molecule has 2 rings (SSSR count). The lowest BCUT2D eigenvalue weighted by Gasteiger charge is -2.05. The Morgan fingerprint density at radius 3 is 2.60 bits per heavy atom. The zero-order valence-electron chi connectivity index (χ0n) is 11.3. The molecule has 0 bridgehead atoms. The van der Waals surface area contributed by atoms with E-state index in [0.717, 1.165) is 17.7 Å². The van der Waals surface area contributed by atoms with Crippen LogP contribution in [0.4, 0.5) is 5.69 Å². The van der Waals surface area contributed by atoms with Gasteiger partial charge in [0, 0.05) is 18.3 Å². The van der Waals surface area contributed by atoms with Gasteiger partial charge in [-0.05, 0) is 30.2 Å². The Morgan fingerprint density at radius 1 is 1.25 bits per heavy atom. The second kappa shape index (κ2) is 7.84. The highest BCUT2D eigenvalue weighted by molar-refractivity contribution is 5.93. The zero-order valence-corrected chi connectivity index (χ0v) is 13.5. The largest absolute Gasteiger partial charge is 1.00 e. The van der Waals surface area contributed by atoms with E-state index in [2.05, 4.69) is 5.32 Å². The van der Waals surface area contributed by atoms with Crippen LogP contribution in [-0.2, 0) is 13.5 Å². The van der Waals surface area contributed by atoms with E-state index >= 15 is 0 Å². The smallest absolute Gasteiger partial charge is 0.257 e. The van der Waals surface area contributed by atoms with Crippen molar-refractivity contribution in [1.82, 2.24) is 5.32 Å². The highest BCUT2D eigenvalue weighted by atomic mass is 127. The molecule has 1 amide bonds. The molecule has 0 spiro atoms. The first kappa shape index (κ1) is 16.4. The van der Waals surface area contributed by atoms with Gasteiger partial charge in [0.05, 0.1) is 0 Å². The summed E-state index contributed by atoms with van der Waals surface area (Å²) in [6.07, 6.45) is 4.49. The number of amides is 1. The average Bonchev–Trinajstić information content (AvgIpc) is 2.41. The summed E-state index contributed by atoms with van der Waals surface area (Å²) in [6.45, 7) is 0.612. The van der Waals surface area contributed by atoms with Crippen LogP contribution in [0.1, 0.15) is 15.9 Å². The SMILES string of the molecule is C[n+]1cccc(C(=O)NCCc2ccc(N)cc2)c1.[I-]. The van der Waals surface area contributed by atoms with E-state index in [0.29, 0.717) is 12.1 Å². The Bertz CT molecular complexity index is 570. The van der Waals surface area contributed by atoms with Crippen LogP contribution in [0.15, 0.2) is 48.8 Å². The Morgan fingerprint density at radius 2 is 1.95 bits per heavy atom. The minimum absolute atomic E-state index is 0. The molecule has 0 atom stereocenters. The number of anilines is 1. The fourth-order valence-corrected chi connectivity index (χ4v) is 1.83. The fraction of sp³-hybridized carbons (Fsp3) is 0.200. The molecule has 1 aromatic heterocycles. The highest BCUT2D eigenvalue weighted by Crippen LogP contribution is 2.05. The number of aryl methyl sites for hydroxylation is 1. The summed E-state index contributed by atoms with van der Waals surface area (Å²) >= 11 is 0. The summed E-state index contributed by atoms with van der Waals surface area (Å²) in [4.78, 5) is 11.9. The summed E-state index contributed by atoms with van der Waals surface area (Å²) < 4.78 is 1.86. The van der Waals surface area contributed by atoms with Crippen molar-refractivity contribution < 1.29 is 33.3 Å². The lowest BCUT2D eigenvalue weighted by Crippen LogP contribution is -3.00. The minimum Gasteiger partial charge on any atom is -1.00 e. The first-order valence-electron chi connectivity index (χ1n) is 6.23. The molecule has 0 unspecified atom stereocenters. The molecule has 20 heavy (non-hydrogen) atoms. The van der Waals surface area contributed by atoms with Gasteiger partial charge < -0.3 is 35.0 Å². The second-order valence-electron chi connectivity index (χ2n) is 4.51. The van der Waals surface area contributed by atoms with E-state index in [1.807, 2.05) is 48.1 Å². The Balaban J connectivity index is 0.00000200. The maximum atomic E-state index is 11.9. The molecular weight excluding hydrogens is 365 g/mol. The van der Waals surface area contributed by atoms with Gasteiger partial charge in [0.1, 0.15) is 12.6 Å². The van der Waals surface area contributed by atoms with Crippen molar-refractivity contribution in [3.8, 4) is 0 Å². The van der Waals surface area contributed by atoms with Gasteiger partial charge in [-0.2, -0.15) is 0 Å². The summed E-state index contributed by atoms with van der Waals surface area (Å²) in [6, 6.07) is 11.4. The molecule has 1 heterocycles. The number of nitrogens with zero attached hydrogens (tertiary/aromatic N) is 1. The number of aromatic nitrogens is 1. The molecule has 5 heteroatoms. The normalized spacial score (nSPS) is 9.65. The van der Waals surface area contributed by atoms with E-state index in [1.165, 1.54) is 0 Å². The van der Waals surface area contributed by atoms with Crippen LogP contribution in [0.2, 0.25) is 0 Å². The molecular formula is C15H18IN3O. The number of nitrogens with two attached hydrogens (primary N) is 1. The van der Waals surface area contributed by atoms with Crippen LogP contribution in [0, 0.1) is 0 Å². The summed E-state index contributed by atoms with van der Waals surface area (Å²) in [5.74, 6) is -0.0494. The van der Waals surface area contributed by atoms with Crippen LogP contribution in [0.3, 0.4) is 0 Å². The maximum absolute atomic E-state index is 11.9. The fourth-order valence-electron chi connectivity index (χ4n) is 1.83. The number of carbonyl (C=O) groups excluding carboxylic acids is 1. The molecule has 3 N–H and O–H groups in total. The molecule has 106 valence electrons. The number of nitrogen functional groups attached to an aromatic ring is 1. The van der Waals surface area contributed by atoms with Crippen LogP contribution in [0.25, 0.3) is 0 Å². The summed E-state index contributed by atoms with van der Waals surface area (Å²) in [5.41, 5.74) is 8.20. The number of rotatable bonds is 4. The topological polar surface area (TPSA) is 59.0 Å². The van der Waals surface area contributed by atoms with E-state index < -0.39 is 0 Å². The third-order valence-electron chi connectivity index (χ3n) is 2.88. The lowest BCUT2D eigenvalue weighted by atomic mass is 10.1. The molecule has 0 fully saturated rings. The maximum Gasteiger partial charge on any atom is 0.257 e. The van der Waals surface area contributed by atoms with E-state index in [1.54, 1.807) is 12.3 Å². The monoisotopic (exact) mass is 383 g/mol. The first-order valence-corrected chi connectivity index (χ1v) is 6.23. The number of benzene rings is 1. The average molecular weight is 383 g/mol. The number of carbonyl (C=O) groups is 1. The Labute approximate surface area is 136 Å². The predicted octanol–water partition coefficient (Wildman–Crippen LogP) is -1.93. The number of hydrogen-bond donors (Lipinski definition) is 2. The molecule has 4 nitrogen and oxygen atoms in total. The molecule has 0 aliphatic rings. The predicted molar refractivity (Wildman–Crippen MR) is 74.5 cm³/mol. The molecule has 1 aromatic carbocycles. The third kappa shape index (κ3) is 4.80. The van der Waals surface area contributed by atoms with Crippen molar-refractivity contribution in [2.75, 3.05) is 12.3 Å². The molecule has 2 aromatic rings. The Hall–Kier alpha value is -1.63. The molecule has 0 saturated carbocycles. The van der Waals surface area contributed by atoms with E-state index in [4.69, 9.17) is 5.73 Å². The van der Waals surface area contributed by atoms with Crippen molar-refractivity contribution in [2.24, 2.45) is 7.05 Å². The highest BCUT2D eigenvalue weighted by Gasteiger charge is 2.07. The van der Waals surface area contributed by atoms with Crippen LogP contribution in [0.5, 0.6) is 0 Å². The van der Waals surface area contributed by atoms with E-state index in [9.17, 15) is 4.79 Å². The van der Waals surface area contributed by atoms with Crippen LogP contribution >= 0.6 is 0 Å². The molecule has 0 radical (unpaired) electrons. The molecule has 0 aliphatic heterocycles. The number of pyridine rings is 1. The number of halogens is 1. The van der Waals surface area contributed by atoms with Crippen LogP contribution < -0.4 is 39.6 Å². The van der Waals surface area contributed by atoms with Gasteiger partial charge in [0.25, 0.3) is 5.91 Å². The number of nitrogens with one attached hydrogen (secondary N) is 1. The quantitative estimate of drug-likeness (QED) is 0.367. The second-order valence-corrected chi connectivity index (χ2v) is 4.51. The number of hydrogen-bond acceptors (Lipinski definition) is 2. The van der Waals surface area contributed by atoms with Crippen molar-refractivity contribution in [2.45, 2.75) is 6.42 Å². The zero-order chi connectivity index (χ0) is 13.7. The van der Waals surface area contributed by atoms with Gasteiger partial charge in [-0.15, -0.1) is 0 Å². The van der Waals surface area contributed by atoms with Crippen LogP contribution in [-0.4, -0.2) is 12.5 Å². The first-order chi connectivity index (χ1) is 9.15. The Kier molecular flexibility index (Phi) is 6.44. The summed E-state index contributed by atoms with van der Waals surface area (Å²) in [5, 5.41) is 2.91. The van der Waals surface area contributed by atoms with Gasteiger partial charge in [-0.3, -0.25) is 4.79 Å².